The van der Waals surface area contributed by atoms with Crippen molar-refractivity contribution in [3.05, 3.63) is 66.0 Å². The van der Waals surface area contributed by atoms with E-state index in [9.17, 15) is 5.11 Å². The molecule has 1 N–H and O–H groups in total. The average Bonchev–Trinajstić information content (AvgIpc) is 2.60. The Morgan fingerprint density at radius 2 is 1.59 bits per heavy atom. The molecule has 0 spiro atoms. The largest absolute Gasteiger partial charge is 0.497 e. The number of aliphatic hydroxyl groups is 1. The van der Waals surface area contributed by atoms with E-state index in [1.807, 2.05) is 48.5 Å². The Morgan fingerprint density at radius 1 is 0.909 bits per heavy atom. The van der Waals surface area contributed by atoms with Crippen molar-refractivity contribution in [2.45, 2.75) is 6.10 Å². The Morgan fingerprint density at radius 3 is 2.27 bits per heavy atom. The standard InChI is InChI=1S/C18H17NO3/c1-21-14-5-3-12(4-6-14)18(20)17-16-8-7-15(22-2)11-13(16)9-10-19-17/h3-11,18,20H,1-2H3/t18-/m0/s1. The van der Waals surface area contributed by atoms with Crippen LogP contribution in [0.3, 0.4) is 0 Å². The fourth-order valence-electron chi connectivity index (χ4n) is 2.47. The van der Waals surface area contributed by atoms with Crippen molar-refractivity contribution in [3.8, 4) is 11.5 Å². The van der Waals surface area contributed by atoms with Gasteiger partial charge in [0.15, 0.2) is 0 Å². The number of aromatic nitrogens is 1. The predicted octanol–water partition coefficient (Wildman–Crippen LogP) is 3.33. The highest BCUT2D eigenvalue weighted by molar-refractivity contribution is 5.86. The summed E-state index contributed by atoms with van der Waals surface area (Å²) in [5.74, 6) is 1.54. The molecule has 0 radical (unpaired) electrons. The molecule has 0 aliphatic carbocycles. The van der Waals surface area contributed by atoms with Gasteiger partial charge in [-0.05, 0) is 47.3 Å². The topological polar surface area (TPSA) is 51.6 Å². The van der Waals surface area contributed by atoms with E-state index in [1.54, 1.807) is 20.4 Å². The van der Waals surface area contributed by atoms with Crippen molar-refractivity contribution in [3.63, 3.8) is 0 Å². The van der Waals surface area contributed by atoms with Gasteiger partial charge in [-0.25, -0.2) is 0 Å². The minimum absolute atomic E-state index is 0.630. The number of aliphatic hydroxyl groups excluding tert-OH is 1. The van der Waals surface area contributed by atoms with Gasteiger partial charge in [0, 0.05) is 11.6 Å². The third kappa shape index (κ3) is 2.61. The molecule has 3 aromatic rings. The predicted molar refractivity (Wildman–Crippen MR) is 85.4 cm³/mol. The molecule has 22 heavy (non-hydrogen) atoms. The van der Waals surface area contributed by atoms with Gasteiger partial charge in [-0.2, -0.15) is 0 Å². The van der Waals surface area contributed by atoms with Gasteiger partial charge in [0.25, 0.3) is 0 Å². The molecule has 1 atom stereocenters. The summed E-state index contributed by atoms with van der Waals surface area (Å²) >= 11 is 0. The molecule has 3 rings (SSSR count). The van der Waals surface area contributed by atoms with E-state index in [2.05, 4.69) is 4.98 Å². The quantitative estimate of drug-likeness (QED) is 0.802. The molecule has 0 saturated heterocycles. The van der Waals surface area contributed by atoms with Gasteiger partial charge in [0.1, 0.15) is 17.6 Å². The molecule has 4 nitrogen and oxygen atoms in total. The van der Waals surface area contributed by atoms with E-state index in [0.29, 0.717) is 5.69 Å². The molecule has 0 aliphatic heterocycles. The van der Waals surface area contributed by atoms with Crippen molar-refractivity contribution >= 4 is 10.8 Å². The summed E-state index contributed by atoms with van der Waals surface area (Å²) in [5.41, 5.74) is 1.40. The summed E-state index contributed by atoms with van der Waals surface area (Å²) in [6, 6.07) is 15.0. The maximum atomic E-state index is 10.6. The number of methoxy groups -OCH3 is 2. The van der Waals surface area contributed by atoms with Crippen LogP contribution in [0.4, 0.5) is 0 Å². The Kier molecular flexibility index (Phi) is 3.94. The zero-order chi connectivity index (χ0) is 15.5. The third-order valence-electron chi connectivity index (χ3n) is 3.69. The molecule has 0 fully saturated rings. The number of pyridine rings is 1. The lowest BCUT2D eigenvalue weighted by Crippen LogP contribution is -2.03. The van der Waals surface area contributed by atoms with Crippen LogP contribution in [0.2, 0.25) is 0 Å². The zero-order valence-corrected chi connectivity index (χ0v) is 12.5. The lowest BCUT2D eigenvalue weighted by Gasteiger charge is -2.14. The van der Waals surface area contributed by atoms with Gasteiger partial charge in [-0.1, -0.05) is 12.1 Å². The minimum Gasteiger partial charge on any atom is -0.497 e. The van der Waals surface area contributed by atoms with Crippen LogP contribution >= 0.6 is 0 Å². The number of hydrogen-bond donors (Lipinski definition) is 1. The van der Waals surface area contributed by atoms with Crippen molar-refractivity contribution in [2.75, 3.05) is 14.2 Å². The highest BCUT2D eigenvalue weighted by atomic mass is 16.5. The summed E-state index contributed by atoms with van der Waals surface area (Å²) in [4.78, 5) is 4.36. The van der Waals surface area contributed by atoms with Gasteiger partial charge in [-0.15, -0.1) is 0 Å². The summed E-state index contributed by atoms with van der Waals surface area (Å²) in [6.45, 7) is 0. The summed E-state index contributed by atoms with van der Waals surface area (Å²) in [7, 11) is 3.25. The zero-order valence-electron chi connectivity index (χ0n) is 12.5. The minimum atomic E-state index is -0.789. The second-order valence-corrected chi connectivity index (χ2v) is 4.96. The number of ether oxygens (including phenoxy) is 2. The Hall–Kier alpha value is -2.59. The average molecular weight is 295 g/mol. The molecule has 0 unspecified atom stereocenters. The third-order valence-corrected chi connectivity index (χ3v) is 3.69. The van der Waals surface area contributed by atoms with Gasteiger partial charge in [0.05, 0.1) is 19.9 Å². The van der Waals surface area contributed by atoms with Crippen LogP contribution in [0.1, 0.15) is 17.4 Å². The van der Waals surface area contributed by atoms with E-state index >= 15 is 0 Å². The van der Waals surface area contributed by atoms with Crippen LogP contribution in [-0.4, -0.2) is 24.3 Å². The second-order valence-electron chi connectivity index (χ2n) is 4.96. The van der Waals surface area contributed by atoms with Crippen LogP contribution in [-0.2, 0) is 0 Å². The van der Waals surface area contributed by atoms with Crippen molar-refractivity contribution in [2.24, 2.45) is 0 Å². The Labute approximate surface area is 129 Å². The maximum Gasteiger partial charge on any atom is 0.122 e. The number of hydrogen-bond acceptors (Lipinski definition) is 4. The number of benzene rings is 2. The smallest absolute Gasteiger partial charge is 0.122 e. The lowest BCUT2D eigenvalue weighted by molar-refractivity contribution is 0.217. The van der Waals surface area contributed by atoms with Gasteiger partial charge >= 0.3 is 0 Å². The number of nitrogens with zero attached hydrogens (tertiary/aromatic N) is 1. The van der Waals surface area contributed by atoms with Gasteiger partial charge in [0.2, 0.25) is 0 Å². The van der Waals surface area contributed by atoms with E-state index < -0.39 is 6.10 Å². The monoisotopic (exact) mass is 295 g/mol. The lowest BCUT2D eigenvalue weighted by atomic mass is 10.0. The molecule has 1 heterocycles. The Bertz CT molecular complexity index is 784. The number of fused-ring (bicyclic) bond motifs is 1. The fourth-order valence-corrected chi connectivity index (χ4v) is 2.47. The van der Waals surface area contributed by atoms with E-state index in [4.69, 9.17) is 9.47 Å². The highest BCUT2D eigenvalue weighted by Crippen LogP contribution is 2.29. The van der Waals surface area contributed by atoms with Crippen LogP contribution in [0.5, 0.6) is 11.5 Å². The van der Waals surface area contributed by atoms with Crippen molar-refractivity contribution in [1.82, 2.24) is 4.98 Å². The molecule has 112 valence electrons. The number of rotatable bonds is 4. The summed E-state index contributed by atoms with van der Waals surface area (Å²) in [6.07, 6.45) is 0.909. The van der Waals surface area contributed by atoms with Crippen LogP contribution in [0.15, 0.2) is 54.7 Å². The molecule has 4 heteroatoms. The first kappa shape index (κ1) is 14.4. The van der Waals surface area contributed by atoms with E-state index in [-0.39, 0.29) is 0 Å². The van der Waals surface area contributed by atoms with Crippen molar-refractivity contribution in [1.29, 1.82) is 0 Å². The molecule has 2 aromatic carbocycles. The molecular formula is C18H17NO3. The molecule has 0 aliphatic rings. The maximum absolute atomic E-state index is 10.6. The first-order valence-electron chi connectivity index (χ1n) is 6.97. The van der Waals surface area contributed by atoms with E-state index in [0.717, 1.165) is 27.8 Å². The van der Waals surface area contributed by atoms with Crippen LogP contribution < -0.4 is 9.47 Å². The molecular weight excluding hydrogens is 278 g/mol. The van der Waals surface area contributed by atoms with Gasteiger partial charge < -0.3 is 14.6 Å². The van der Waals surface area contributed by atoms with Gasteiger partial charge in [-0.3, -0.25) is 4.98 Å². The fraction of sp³-hybridized carbons (Fsp3) is 0.167. The van der Waals surface area contributed by atoms with Crippen LogP contribution in [0.25, 0.3) is 10.8 Å². The first-order chi connectivity index (χ1) is 10.7. The Balaban J connectivity index is 2.04. The van der Waals surface area contributed by atoms with Crippen LogP contribution in [0, 0.1) is 0 Å². The first-order valence-corrected chi connectivity index (χ1v) is 6.97. The molecule has 0 amide bonds. The SMILES string of the molecule is COc1ccc([C@H](O)c2nccc3cc(OC)ccc23)cc1. The normalized spacial score (nSPS) is 12.1. The summed E-state index contributed by atoms with van der Waals surface area (Å²) < 4.78 is 10.4. The molecule has 1 aromatic heterocycles. The molecule has 0 saturated carbocycles. The molecule has 0 bridgehead atoms. The van der Waals surface area contributed by atoms with Crippen molar-refractivity contribution < 1.29 is 14.6 Å². The highest BCUT2D eigenvalue weighted by Gasteiger charge is 2.15. The van der Waals surface area contributed by atoms with E-state index in [1.165, 1.54) is 0 Å². The second kappa shape index (κ2) is 6.03. The summed E-state index contributed by atoms with van der Waals surface area (Å²) in [5, 5.41) is 12.5.